The number of ether oxygens (including phenoxy) is 3. The van der Waals surface area contributed by atoms with Gasteiger partial charge in [-0.15, -0.1) is 0 Å². The van der Waals surface area contributed by atoms with Crippen LogP contribution in [0.4, 0.5) is 23.2 Å². The fourth-order valence-corrected chi connectivity index (χ4v) is 3.47. The summed E-state index contributed by atoms with van der Waals surface area (Å²) in [5.41, 5.74) is 3.60. The van der Waals surface area contributed by atoms with Gasteiger partial charge in [0.05, 0.1) is 0 Å². The molecular weight excluding hydrogens is 440 g/mol. The summed E-state index contributed by atoms with van der Waals surface area (Å²) < 4.78 is 64.5. The van der Waals surface area contributed by atoms with Gasteiger partial charge < -0.3 is 19.5 Å². The molecule has 1 unspecified atom stereocenters. The first kappa shape index (κ1) is 22.4. The summed E-state index contributed by atoms with van der Waals surface area (Å²) >= 11 is 0. The fraction of sp³-hybridized carbons (Fsp3) is 0.208. The standard InChI is InChI=1S/C24H20F4N2O3/c1-14-10-17(8-9-21(14)33-23(27)28)20-13-31-24(30-20)29-18-6-2-4-15(11-18)16-5-3-7-19(12-16)32-22(25)26/h2-12,20,22-23H,13H2,1H3,(H,29,30). The molecule has 5 nitrogen and oxygen atoms in total. The van der Waals surface area contributed by atoms with Gasteiger partial charge in [0, 0.05) is 5.69 Å². The second-order valence-electron chi connectivity index (χ2n) is 7.28. The molecule has 1 atom stereocenters. The average Bonchev–Trinajstić information content (AvgIpc) is 3.23. The Morgan fingerprint density at radius 2 is 1.64 bits per heavy atom. The molecule has 1 N–H and O–H groups in total. The van der Waals surface area contributed by atoms with Crippen LogP contribution in [0.2, 0.25) is 0 Å². The number of hydrogen-bond donors (Lipinski definition) is 1. The minimum Gasteiger partial charge on any atom is -0.462 e. The molecule has 9 heteroatoms. The Hall–Kier alpha value is -3.75. The van der Waals surface area contributed by atoms with Gasteiger partial charge in [0.15, 0.2) is 0 Å². The van der Waals surface area contributed by atoms with Gasteiger partial charge in [0.2, 0.25) is 0 Å². The Balaban J connectivity index is 1.47. The van der Waals surface area contributed by atoms with E-state index in [-0.39, 0.29) is 17.5 Å². The van der Waals surface area contributed by atoms with E-state index in [1.54, 1.807) is 31.2 Å². The van der Waals surface area contributed by atoms with Crippen LogP contribution in [0.25, 0.3) is 11.1 Å². The van der Waals surface area contributed by atoms with Crippen molar-refractivity contribution in [2.24, 2.45) is 4.99 Å². The van der Waals surface area contributed by atoms with Crippen molar-refractivity contribution in [1.82, 2.24) is 0 Å². The fourth-order valence-electron chi connectivity index (χ4n) is 3.47. The van der Waals surface area contributed by atoms with Gasteiger partial charge in [0.25, 0.3) is 6.02 Å². The maximum absolute atomic E-state index is 12.5. The van der Waals surface area contributed by atoms with Gasteiger partial charge in [0.1, 0.15) is 24.1 Å². The van der Waals surface area contributed by atoms with E-state index in [0.717, 1.165) is 11.1 Å². The molecule has 0 aliphatic carbocycles. The Morgan fingerprint density at radius 1 is 0.909 bits per heavy atom. The van der Waals surface area contributed by atoms with Crippen LogP contribution in [-0.2, 0) is 4.74 Å². The number of alkyl halides is 4. The highest BCUT2D eigenvalue weighted by Gasteiger charge is 2.22. The summed E-state index contributed by atoms with van der Waals surface area (Å²) in [4.78, 5) is 4.53. The lowest BCUT2D eigenvalue weighted by Gasteiger charge is -2.11. The van der Waals surface area contributed by atoms with Crippen LogP contribution in [0.5, 0.6) is 11.5 Å². The number of rotatable bonds is 7. The second kappa shape index (κ2) is 9.81. The number of aliphatic imine (C=N–C) groups is 1. The number of benzene rings is 3. The van der Waals surface area contributed by atoms with Crippen LogP contribution in [-0.4, -0.2) is 25.9 Å². The van der Waals surface area contributed by atoms with Crippen LogP contribution < -0.4 is 14.8 Å². The van der Waals surface area contributed by atoms with E-state index in [4.69, 9.17) is 4.74 Å². The predicted octanol–water partition coefficient (Wildman–Crippen LogP) is 6.40. The van der Waals surface area contributed by atoms with Crippen molar-refractivity contribution >= 4 is 11.7 Å². The lowest BCUT2D eigenvalue weighted by Crippen LogP contribution is -2.11. The monoisotopic (exact) mass is 460 g/mol. The number of nitrogens with one attached hydrogen (secondary N) is 1. The highest BCUT2D eigenvalue weighted by molar-refractivity contribution is 5.91. The van der Waals surface area contributed by atoms with E-state index >= 15 is 0 Å². The molecule has 0 fully saturated rings. The molecule has 1 heterocycles. The van der Waals surface area contributed by atoms with Crippen LogP contribution in [0.1, 0.15) is 17.2 Å². The van der Waals surface area contributed by atoms with Crippen molar-refractivity contribution in [3.05, 3.63) is 77.9 Å². The first-order valence-corrected chi connectivity index (χ1v) is 10.1. The van der Waals surface area contributed by atoms with E-state index in [1.807, 2.05) is 24.3 Å². The number of hydrogen-bond acceptors (Lipinski definition) is 5. The summed E-state index contributed by atoms with van der Waals surface area (Å²) in [5, 5.41) is 3.10. The molecule has 4 rings (SSSR count). The first-order chi connectivity index (χ1) is 15.9. The largest absolute Gasteiger partial charge is 0.462 e. The molecule has 0 spiro atoms. The molecule has 3 aromatic rings. The Labute approximate surface area is 187 Å². The molecule has 0 amide bonds. The second-order valence-corrected chi connectivity index (χ2v) is 7.28. The Bertz CT molecular complexity index is 1150. The van der Waals surface area contributed by atoms with Crippen molar-refractivity contribution in [1.29, 1.82) is 0 Å². The van der Waals surface area contributed by atoms with Gasteiger partial charge in [-0.1, -0.05) is 36.4 Å². The zero-order valence-corrected chi connectivity index (χ0v) is 17.5. The quantitative estimate of drug-likeness (QED) is 0.415. The summed E-state index contributed by atoms with van der Waals surface area (Å²) in [6.45, 7) is -3.79. The molecule has 0 radical (unpaired) electrons. The molecule has 0 saturated carbocycles. The average molecular weight is 460 g/mol. The summed E-state index contributed by atoms with van der Waals surface area (Å²) in [7, 11) is 0. The molecular formula is C24H20F4N2O3. The zero-order chi connectivity index (χ0) is 23.4. The smallest absolute Gasteiger partial charge is 0.387 e. The minimum atomic E-state index is -2.89. The van der Waals surface area contributed by atoms with Crippen molar-refractivity contribution in [2.45, 2.75) is 26.2 Å². The van der Waals surface area contributed by atoms with E-state index in [0.29, 0.717) is 29.4 Å². The number of nitrogens with zero attached hydrogens (tertiary/aromatic N) is 1. The maximum Gasteiger partial charge on any atom is 0.387 e. The normalized spacial score (nSPS) is 15.4. The predicted molar refractivity (Wildman–Crippen MR) is 116 cm³/mol. The van der Waals surface area contributed by atoms with Crippen molar-refractivity contribution < 1.29 is 31.8 Å². The van der Waals surface area contributed by atoms with Crippen molar-refractivity contribution in [3.63, 3.8) is 0 Å². The highest BCUT2D eigenvalue weighted by atomic mass is 19.3. The van der Waals surface area contributed by atoms with Crippen LogP contribution in [0.15, 0.2) is 71.7 Å². The molecule has 0 saturated heterocycles. The maximum atomic E-state index is 12.5. The first-order valence-electron chi connectivity index (χ1n) is 10.1. The lowest BCUT2D eigenvalue weighted by molar-refractivity contribution is -0.0507. The van der Waals surface area contributed by atoms with Crippen molar-refractivity contribution in [2.75, 3.05) is 11.9 Å². The molecule has 1 aliphatic heterocycles. The zero-order valence-electron chi connectivity index (χ0n) is 17.5. The van der Waals surface area contributed by atoms with Crippen LogP contribution in [0, 0.1) is 6.92 Å². The Morgan fingerprint density at radius 3 is 2.36 bits per heavy atom. The van der Waals surface area contributed by atoms with Crippen molar-refractivity contribution in [3.8, 4) is 22.6 Å². The molecule has 33 heavy (non-hydrogen) atoms. The number of halogens is 4. The van der Waals surface area contributed by atoms with Crippen LogP contribution in [0.3, 0.4) is 0 Å². The molecule has 0 aromatic heterocycles. The van der Waals surface area contributed by atoms with Gasteiger partial charge in [-0.2, -0.15) is 17.6 Å². The number of amidine groups is 1. The van der Waals surface area contributed by atoms with E-state index < -0.39 is 13.2 Å². The van der Waals surface area contributed by atoms with E-state index in [9.17, 15) is 17.6 Å². The number of aryl methyl sites for hydroxylation is 1. The third-order valence-corrected chi connectivity index (χ3v) is 4.96. The van der Waals surface area contributed by atoms with Gasteiger partial charge in [-0.25, -0.2) is 4.99 Å². The SMILES string of the molecule is Cc1cc(C2COC(Nc3cccc(-c4cccc(OC(F)F)c4)c3)=N2)ccc1OC(F)F. The minimum absolute atomic E-state index is 0.0764. The van der Waals surface area contributed by atoms with Gasteiger partial charge in [-0.05, 0) is 59.5 Å². The third-order valence-electron chi connectivity index (χ3n) is 4.96. The van der Waals surface area contributed by atoms with E-state index in [1.165, 1.54) is 18.2 Å². The van der Waals surface area contributed by atoms with Gasteiger partial charge in [-0.3, -0.25) is 0 Å². The molecule has 0 bridgehead atoms. The van der Waals surface area contributed by atoms with Crippen LogP contribution >= 0.6 is 0 Å². The summed E-state index contributed by atoms with van der Waals surface area (Å²) in [6, 6.07) is 18.7. The third kappa shape index (κ3) is 5.74. The number of anilines is 1. The lowest BCUT2D eigenvalue weighted by atomic mass is 10.0. The molecule has 3 aromatic carbocycles. The Kier molecular flexibility index (Phi) is 6.67. The molecule has 1 aliphatic rings. The summed E-state index contributed by atoms with van der Waals surface area (Å²) in [5.74, 6) is 0.197. The van der Waals surface area contributed by atoms with E-state index in [2.05, 4.69) is 19.8 Å². The van der Waals surface area contributed by atoms with Gasteiger partial charge >= 0.3 is 13.2 Å². The molecule has 172 valence electrons. The highest BCUT2D eigenvalue weighted by Crippen LogP contribution is 2.30. The summed E-state index contributed by atoms with van der Waals surface area (Å²) in [6.07, 6.45) is 0. The topological polar surface area (TPSA) is 52.1 Å².